The molecule has 1 aliphatic rings. The standard InChI is InChI=1S/C10H13BrN2S/c11-9-6-12-4-3-10(9)13-8-2-1-5-14-7-8/h3-4,6,8H,1-2,5,7H2,(H,12,13). The van der Waals surface area contributed by atoms with Gasteiger partial charge in [0.25, 0.3) is 0 Å². The Morgan fingerprint density at radius 3 is 3.21 bits per heavy atom. The fraction of sp³-hybridized carbons (Fsp3) is 0.500. The second kappa shape index (κ2) is 5.03. The Morgan fingerprint density at radius 2 is 2.50 bits per heavy atom. The van der Waals surface area contributed by atoms with Crippen LogP contribution in [0.3, 0.4) is 0 Å². The molecule has 1 N–H and O–H groups in total. The summed E-state index contributed by atoms with van der Waals surface area (Å²) in [4.78, 5) is 4.05. The van der Waals surface area contributed by atoms with Crippen molar-refractivity contribution in [3.8, 4) is 0 Å². The molecule has 1 aromatic heterocycles. The summed E-state index contributed by atoms with van der Waals surface area (Å²) in [6, 6.07) is 2.64. The first-order chi connectivity index (χ1) is 6.86. The molecule has 2 heterocycles. The Bertz CT molecular complexity index is 300. The van der Waals surface area contributed by atoms with Gasteiger partial charge in [-0.05, 0) is 40.6 Å². The SMILES string of the molecule is Brc1cnccc1NC1CCCSC1. The predicted octanol–water partition coefficient (Wildman–Crippen LogP) is 3.15. The Morgan fingerprint density at radius 1 is 1.57 bits per heavy atom. The van der Waals surface area contributed by atoms with Crippen molar-refractivity contribution in [1.29, 1.82) is 0 Å². The number of nitrogens with zero attached hydrogens (tertiary/aromatic N) is 1. The van der Waals surface area contributed by atoms with Crippen molar-refractivity contribution in [2.45, 2.75) is 18.9 Å². The van der Waals surface area contributed by atoms with E-state index in [-0.39, 0.29) is 0 Å². The number of halogens is 1. The summed E-state index contributed by atoms with van der Waals surface area (Å²) in [5.74, 6) is 2.53. The second-order valence-corrected chi connectivity index (χ2v) is 5.42. The Kier molecular flexibility index (Phi) is 3.70. The number of aromatic nitrogens is 1. The van der Waals surface area contributed by atoms with E-state index < -0.39 is 0 Å². The van der Waals surface area contributed by atoms with Gasteiger partial charge in [-0.15, -0.1) is 0 Å². The van der Waals surface area contributed by atoms with E-state index in [0.29, 0.717) is 6.04 Å². The summed E-state index contributed by atoms with van der Waals surface area (Å²) in [5, 5.41) is 3.54. The molecule has 0 amide bonds. The molecule has 1 aliphatic heterocycles. The van der Waals surface area contributed by atoms with E-state index in [9.17, 15) is 0 Å². The third kappa shape index (κ3) is 2.64. The largest absolute Gasteiger partial charge is 0.380 e. The lowest BCUT2D eigenvalue weighted by Gasteiger charge is -2.23. The van der Waals surface area contributed by atoms with Gasteiger partial charge in [0, 0.05) is 24.2 Å². The lowest BCUT2D eigenvalue weighted by atomic mass is 10.2. The molecule has 1 saturated heterocycles. The van der Waals surface area contributed by atoms with E-state index in [0.717, 1.165) is 10.2 Å². The van der Waals surface area contributed by atoms with Crippen LogP contribution >= 0.6 is 27.7 Å². The van der Waals surface area contributed by atoms with Crippen molar-refractivity contribution < 1.29 is 0 Å². The Balaban J connectivity index is 1.99. The zero-order valence-corrected chi connectivity index (χ0v) is 10.3. The van der Waals surface area contributed by atoms with E-state index in [1.54, 1.807) is 0 Å². The van der Waals surface area contributed by atoms with Gasteiger partial charge in [-0.25, -0.2) is 0 Å². The van der Waals surface area contributed by atoms with Crippen LogP contribution < -0.4 is 5.32 Å². The van der Waals surface area contributed by atoms with Crippen molar-refractivity contribution in [1.82, 2.24) is 4.98 Å². The van der Waals surface area contributed by atoms with Gasteiger partial charge >= 0.3 is 0 Å². The van der Waals surface area contributed by atoms with E-state index >= 15 is 0 Å². The first kappa shape index (κ1) is 10.3. The first-order valence-corrected chi connectivity index (χ1v) is 6.75. The molecule has 2 nitrogen and oxygen atoms in total. The molecular weight excluding hydrogens is 260 g/mol. The molecule has 1 unspecified atom stereocenters. The molecule has 0 aromatic carbocycles. The smallest absolute Gasteiger partial charge is 0.0590 e. The quantitative estimate of drug-likeness (QED) is 0.896. The van der Waals surface area contributed by atoms with Gasteiger partial charge < -0.3 is 5.32 Å². The predicted molar refractivity (Wildman–Crippen MR) is 65.9 cm³/mol. The highest BCUT2D eigenvalue weighted by molar-refractivity contribution is 9.10. The van der Waals surface area contributed by atoms with Crippen LogP contribution in [-0.4, -0.2) is 22.5 Å². The van der Waals surface area contributed by atoms with Crippen molar-refractivity contribution >= 4 is 33.4 Å². The number of anilines is 1. The molecule has 14 heavy (non-hydrogen) atoms. The molecule has 0 saturated carbocycles. The molecule has 0 aliphatic carbocycles. The molecule has 0 bridgehead atoms. The molecule has 4 heteroatoms. The Labute approximate surface area is 97.0 Å². The molecular formula is C10H13BrN2S. The fourth-order valence-electron chi connectivity index (χ4n) is 1.57. The lowest BCUT2D eigenvalue weighted by molar-refractivity contribution is 0.684. The third-order valence-corrected chi connectivity index (χ3v) is 4.14. The van der Waals surface area contributed by atoms with Gasteiger partial charge in [-0.2, -0.15) is 11.8 Å². The maximum Gasteiger partial charge on any atom is 0.0590 e. The summed E-state index contributed by atoms with van der Waals surface area (Å²) < 4.78 is 1.05. The number of nitrogens with one attached hydrogen (secondary N) is 1. The Hall–Kier alpha value is -0.220. The normalized spacial score (nSPS) is 21.9. The maximum absolute atomic E-state index is 4.05. The average Bonchev–Trinajstić information content (AvgIpc) is 2.23. The van der Waals surface area contributed by atoms with Crippen molar-refractivity contribution in [2.24, 2.45) is 0 Å². The van der Waals surface area contributed by atoms with E-state index in [2.05, 4.69) is 26.2 Å². The highest BCUT2D eigenvalue weighted by Gasteiger charge is 2.13. The first-order valence-electron chi connectivity index (χ1n) is 4.80. The summed E-state index contributed by atoms with van der Waals surface area (Å²) in [5.41, 5.74) is 1.16. The number of pyridine rings is 1. The number of rotatable bonds is 2. The van der Waals surface area contributed by atoms with Crippen LogP contribution in [-0.2, 0) is 0 Å². The zero-order chi connectivity index (χ0) is 9.80. The molecule has 0 spiro atoms. The molecule has 1 fully saturated rings. The summed E-state index contributed by atoms with van der Waals surface area (Å²) in [6.45, 7) is 0. The van der Waals surface area contributed by atoms with E-state index in [1.807, 2.05) is 30.2 Å². The van der Waals surface area contributed by atoms with Crippen LogP contribution in [0.15, 0.2) is 22.9 Å². The summed E-state index contributed by atoms with van der Waals surface area (Å²) in [7, 11) is 0. The molecule has 1 aromatic rings. The van der Waals surface area contributed by atoms with Crippen molar-refractivity contribution in [2.75, 3.05) is 16.8 Å². The third-order valence-electron chi connectivity index (χ3n) is 2.29. The summed E-state index contributed by atoms with van der Waals surface area (Å²) >= 11 is 5.53. The lowest BCUT2D eigenvalue weighted by Crippen LogP contribution is -2.25. The molecule has 0 radical (unpaired) electrons. The average molecular weight is 273 g/mol. The van der Waals surface area contributed by atoms with Crippen molar-refractivity contribution in [3.05, 3.63) is 22.9 Å². The minimum Gasteiger partial charge on any atom is -0.380 e. The van der Waals surface area contributed by atoms with Gasteiger partial charge in [0.15, 0.2) is 0 Å². The van der Waals surface area contributed by atoms with Crippen LogP contribution in [0.2, 0.25) is 0 Å². The van der Waals surface area contributed by atoms with Crippen LogP contribution in [0.1, 0.15) is 12.8 Å². The fourth-order valence-corrected chi connectivity index (χ4v) is 3.00. The van der Waals surface area contributed by atoms with Gasteiger partial charge in [-0.3, -0.25) is 4.98 Å². The minimum atomic E-state index is 0.618. The van der Waals surface area contributed by atoms with Crippen molar-refractivity contribution in [3.63, 3.8) is 0 Å². The van der Waals surface area contributed by atoms with Crippen LogP contribution in [0.25, 0.3) is 0 Å². The van der Waals surface area contributed by atoms with Crippen LogP contribution in [0.5, 0.6) is 0 Å². The van der Waals surface area contributed by atoms with Gasteiger partial charge in [0.1, 0.15) is 0 Å². The minimum absolute atomic E-state index is 0.618. The van der Waals surface area contributed by atoms with Gasteiger partial charge in [0.05, 0.1) is 10.2 Å². The molecule has 1 atom stereocenters. The maximum atomic E-state index is 4.05. The van der Waals surface area contributed by atoms with E-state index in [1.165, 1.54) is 24.3 Å². The monoisotopic (exact) mass is 272 g/mol. The van der Waals surface area contributed by atoms with Crippen LogP contribution in [0, 0.1) is 0 Å². The van der Waals surface area contributed by atoms with Gasteiger partial charge in [-0.1, -0.05) is 0 Å². The number of hydrogen-bond donors (Lipinski definition) is 1. The molecule has 76 valence electrons. The highest BCUT2D eigenvalue weighted by Crippen LogP contribution is 2.25. The number of thioether (sulfide) groups is 1. The summed E-state index contributed by atoms with van der Waals surface area (Å²) in [6.07, 6.45) is 6.26. The van der Waals surface area contributed by atoms with Crippen LogP contribution in [0.4, 0.5) is 5.69 Å². The highest BCUT2D eigenvalue weighted by atomic mass is 79.9. The van der Waals surface area contributed by atoms with E-state index in [4.69, 9.17) is 0 Å². The second-order valence-electron chi connectivity index (χ2n) is 3.41. The topological polar surface area (TPSA) is 24.9 Å². The van der Waals surface area contributed by atoms with Gasteiger partial charge in [0.2, 0.25) is 0 Å². The zero-order valence-electron chi connectivity index (χ0n) is 7.87. The molecule has 2 rings (SSSR count). The number of hydrogen-bond acceptors (Lipinski definition) is 3.